The number of benzene rings is 4. The van der Waals surface area contributed by atoms with Crippen LogP contribution in [0.25, 0.3) is 61.2 Å². The topological polar surface area (TPSA) is 25.8 Å². The molecule has 0 unspecified atom stereocenters. The van der Waals surface area contributed by atoms with Gasteiger partial charge in [0.05, 0.1) is 0 Å². The van der Waals surface area contributed by atoms with Crippen molar-refractivity contribution in [2.24, 2.45) is 0 Å². The Morgan fingerprint density at radius 1 is 0.512 bits per heavy atom. The van der Waals surface area contributed by atoms with Crippen LogP contribution in [0.2, 0.25) is 0 Å². The summed E-state index contributed by atoms with van der Waals surface area (Å²) in [6.45, 7) is 4.27. The third-order valence-corrected chi connectivity index (χ3v) is 7.69. The van der Waals surface area contributed by atoms with Crippen molar-refractivity contribution in [1.82, 2.24) is 9.97 Å². The van der Waals surface area contributed by atoms with E-state index in [0.29, 0.717) is 0 Å². The summed E-state index contributed by atoms with van der Waals surface area (Å²) in [6, 6.07) is 41.4. The van der Waals surface area contributed by atoms with Crippen LogP contribution in [0.1, 0.15) is 25.8 Å². The molecule has 0 atom stereocenters. The summed E-state index contributed by atoms with van der Waals surface area (Å²) in [6.07, 6.45) is 15.1. The second kappa shape index (κ2) is 13.1. The molecule has 0 aliphatic rings. The Morgan fingerprint density at radius 3 is 1.37 bits per heavy atom. The van der Waals surface area contributed by atoms with Crippen molar-refractivity contribution in [3.8, 4) is 55.6 Å². The van der Waals surface area contributed by atoms with Crippen LogP contribution in [-0.4, -0.2) is 9.97 Å². The minimum atomic E-state index is 1.01. The van der Waals surface area contributed by atoms with Gasteiger partial charge in [0.2, 0.25) is 0 Å². The van der Waals surface area contributed by atoms with Crippen molar-refractivity contribution >= 4 is 5.57 Å². The third kappa shape index (κ3) is 6.45. The molecule has 0 N–H and O–H groups in total. The zero-order chi connectivity index (χ0) is 29.4. The highest BCUT2D eigenvalue weighted by molar-refractivity contribution is 5.85. The van der Waals surface area contributed by atoms with Crippen LogP contribution in [0.5, 0.6) is 0 Å². The monoisotopic (exact) mass is 554 g/mol. The summed E-state index contributed by atoms with van der Waals surface area (Å²) >= 11 is 0. The number of rotatable bonds is 8. The van der Waals surface area contributed by atoms with Gasteiger partial charge in [-0.25, -0.2) is 0 Å². The summed E-state index contributed by atoms with van der Waals surface area (Å²) < 4.78 is 0. The smallest absolute Gasteiger partial charge is 0.0346 e. The van der Waals surface area contributed by atoms with Gasteiger partial charge < -0.3 is 0 Å². The van der Waals surface area contributed by atoms with E-state index in [4.69, 9.17) is 0 Å². The molecule has 208 valence electrons. The van der Waals surface area contributed by atoms with E-state index in [0.717, 1.165) is 28.7 Å². The zero-order valence-corrected chi connectivity index (χ0v) is 24.6. The third-order valence-electron chi connectivity index (χ3n) is 7.69. The Balaban J connectivity index is 1.50. The first-order valence-electron chi connectivity index (χ1n) is 14.8. The highest BCUT2D eigenvalue weighted by Crippen LogP contribution is 2.36. The fourth-order valence-electron chi connectivity index (χ4n) is 5.43. The predicted octanol–water partition coefficient (Wildman–Crippen LogP) is 11.2. The van der Waals surface area contributed by atoms with Crippen LogP contribution in [0.15, 0.2) is 158 Å². The van der Waals surface area contributed by atoms with Crippen molar-refractivity contribution < 1.29 is 0 Å². The van der Waals surface area contributed by atoms with Crippen molar-refractivity contribution in [2.45, 2.75) is 20.3 Å². The Labute approximate surface area is 254 Å². The molecule has 0 aliphatic carbocycles. The normalized spacial score (nSPS) is 11.6. The average molecular weight is 555 g/mol. The number of hydrogen-bond donors (Lipinski definition) is 0. The number of allylic oxidation sites excluding steroid dienone is 4. The Kier molecular flexibility index (Phi) is 8.47. The number of hydrogen-bond acceptors (Lipinski definition) is 2. The van der Waals surface area contributed by atoms with Gasteiger partial charge in [0.1, 0.15) is 0 Å². The molecule has 4 aromatic carbocycles. The maximum absolute atomic E-state index is 4.34. The minimum Gasteiger partial charge on any atom is -0.264 e. The zero-order valence-electron chi connectivity index (χ0n) is 24.6. The number of pyridine rings is 2. The van der Waals surface area contributed by atoms with Gasteiger partial charge in [-0.2, -0.15) is 0 Å². The molecule has 2 nitrogen and oxygen atoms in total. The van der Waals surface area contributed by atoms with Gasteiger partial charge in [-0.3, -0.25) is 9.97 Å². The Morgan fingerprint density at radius 2 is 0.930 bits per heavy atom. The molecular weight excluding hydrogens is 520 g/mol. The molecule has 2 heteroatoms. The molecule has 0 bridgehead atoms. The average Bonchev–Trinajstić information content (AvgIpc) is 3.09. The highest BCUT2D eigenvalue weighted by atomic mass is 14.6. The molecule has 0 amide bonds. The SMILES string of the molecule is C/C=C(\C=C/CC)c1cccc(-c2cc(-c3cccc(-c4cccnc4)c3)cc(-c3cccc(-c4cccnc4)c3)c2)c1. The lowest BCUT2D eigenvalue weighted by Crippen LogP contribution is -1.89. The molecule has 0 fully saturated rings. The van der Waals surface area contributed by atoms with Gasteiger partial charge in [0.25, 0.3) is 0 Å². The van der Waals surface area contributed by atoms with Crippen molar-refractivity contribution in [1.29, 1.82) is 0 Å². The van der Waals surface area contributed by atoms with Crippen molar-refractivity contribution in [3.63, 3.8) is 0 Å². The van der Waals surface area contributed by atoms with Gasteiger partial charge in [0.15, 0.2) is 0 Å². The summed E-state index contributed by atoms with van der Waals surface area (Å²) in [5.74, 6) is 0. The molecule has 6 rings (SSSR count). The van der Waals surface area contributed by atoms with Gasteiger partial charge in [-0.05, 0) is 118 Å². The molecule has 0 saturated heterocycles. The lowest BCUT2D eigenvalue weighted by molar-refractivity contribution is 1.22. The van der Waals surface area contributed by atoms with E-state index in [-0.39, 0.29) is 0 Å². The molecule has 6 aromatic rings. The van der Waals surface area contributed by atoms with E-state index in [1.807, 2.05) is 36.9 Å². The molecular formula is C41H34N2. The summed E-state index contributed by atoms with van der Waals surface area (Å²) in [7, 11) is 0. The Bertz CT molecular complexity index is 1800. The predicted molar refractivity (Wildman–Crippen MR) is 182 cm³/mol. The van der Waals surface area contributed by atoms with Crippen LogP contribution >= 0.6 is 0 Å². The van der Waals surface area contributed by atoms with Crippen LogP contribution in [0, 0.1) is 0 Å². The van der Waals surface area contributed by atoms with Crippen molar-refractivity contribution in [3.05, 3.63) is 164 Å². The summed E-state index contributed by atoms with van der Waals surface area (Å²) in [5.41, 5.74) is 14.0. The van der Waals surface area contributed by atoms with Gasteiger partial charge in [0, 0.05) is 35.9 Å². The van der Waals surface area contributed by atoms with Crippen LogP contribution in [0.4, 0.5) is 0 Å². The minimum absolute atomic E-state index is 1.01. The van der Waals surface area contributed by atoms with Gasteiger partial charge >= 0.3 is 0 Å². The second-order valence-corrected chi connectivity index (χ2v) is 10.6. The molecule has 0 saturated carbocycles. The molecule has 2 heterocycles. The first kappa shape index (κ1) is 27.8. The molecule has 43 heavy (non-hydrogen) atoms. The maximum Gasteiger partial charge on any atom is 0.0346 e. The standard InChI is InChI=1S/C41H34N2/c1-3-5-11-30(4-2)31-12-6-15-34(22-31)39-25-40(35-16-7-13-32(23-35)37-18-9-20-42-28-37)27-41(26-39)36-17-8-14-33(24-36)38-19-10-21-43-29-38/h4-29H,3H2,1-2H3/b11-5-,30-4+. The molecule has 0 aliphatic heterocycles. The van der Waals surface area contributed by atoms with E-state index in [2.05, 4.69) is 145 Å². The second-order valence-electron chi connectivity index (χ2n) is 10.6. The maximum atomic E-state index is 4.34. The fraction of sp³-hybridized carbons (Fsp3) is 0.0732. The highest BCUT2D eigenvalue weighted by Gasteiger charge is 2.11. The van der Waals surface area contributed by atoms with E-state index >= 15 is 0 Å². The van der Waals surface area contributed by atoms with Crippen LogP contribution in [-0.2, 0) is 0 Å². The first-order valence-corrected chi connectivity index (χ1v) is 14.8. The van der Waals surface area contributed by atoms with Gasteiger partial charge in [-0.15, -0.1) is 0 Å². The molecule has 2 aromatic heterocycles. The van der Waals surface area contributed by atoms with Gasteiger partial charge in [-0.1, -0.05) is 91.9 Å². The van der Waals surface area contributed by atoms with E-state index in [1.54, 1.807) is 0 Å². The van der Waals surface area contributed by atoms with E-state index in [9.17, 15) is 0 Å². The van der Waals surface area contributed by atoms with Crippen LogP contribution in [0.3, 0.4) is 0 Å². The number of aromatic nitrogens is 2. The number of nitrogens with zero attached hydrogens (tertiary/aromatic N) is 2. The summed E-state index contributed by atoms with van der Waals surface area (Å²) in [5, 5.41) is 0. The lowest BCUT2D eigenvalue weighted by atomic mass is 9.90. The van der Waals surface area contributed by atoms with E-state index in [1.165, 1.54) is 44.5 Å². The van der Waals surface area contributed by atoms with Crippen molar-refractivity contribution in [2.75, 3.05) is 0 Å². The summed E-state index contributed by atoms with van der Waals surface area (Å²) in [4.78, 5) is 8.68. The fourth-order valence-corrected chi connectivity index (χ4v) is 5.43. The van der Waals surface area contributed by atoms with E-state index < -0.39 is 0 Å². The molecule has 0 radical (unpaired) electrons. The Hall–Kier alpha value is -5.34. The quantitative estimate of drug-likeness (QED) is 0.175. The van der Waals surface area contributed by atoms with Crippen LogP contribution < -0.4 is 0 Å². The lowest BCUT2D eigenvalue weighted by Gasteiger charge is -2.14. The first-order chi connectivity index (χ1) is 21.2. The largest absolute Gasteiger partial charge is 0.264 e. The molecule has 0 spiro atoms.